The molecule has 0 saturated carbocycles. The van der Waals surface area contributed by atoms with Crippen LogP contribution in [0.2, 0.25) is 0 Å². The summed E-state index contributed by atoms with van der Waals surface area (Å²) in [6.07, 6.45) is 6.06. The van der Waals surface area contributed by atoms with Crippen LogP contribution in [0.25, 0.3) is 0 Å². The average molecular weight is 248 g/mol. The highest BCUT2D eigenvalue weighted by Crippen LogP contribution is 2.10. The van der Waals surface area contributed by atoms with Crippen molar-refractivity contribution < 1.29 is 14.3 Å². The van der Waals surface area contributed by atoms with Crippen LogP contribution in [0.4, 0.5) is 0 Å². The Balaban J connectivity index is 2.25. The van der Waals surface area contributed by atoms with Gasteiger partial charge in [-0.15, -0.1) is 0 Å². The van der Waals surface area contributed by atoms with Gasteiger partial charge in [-0.25, -0.2) is 0 Å². The Kier molecular flexibility index (Phi) is 6.81. The SMILES string of the molecule is CCC(/C=C/CCC(=O)Oc1ccccc1)OC. The second-order valence-electron chi connectivity index (χ2n) is 3.94. The van der Waals surface area contributed by atoms with Gasteiger partial charge < -0.3 is 9.47 Å². The van der Waals surface area contributed by atoms with E-state index in [1.165, 1.54) is 0 Å². The predicted octanol–water partition coefficient (Wildman–Crippen LogP) is 3.35. The van der Waals surface area contributed by atoms with Gasteiger partial charge in [0.1, 0.15) is 5.75 Å². The molecular weight excluding hydrogens is 228 g/mol. The van der Waals surface area contributed by atoms with Crippen molar-refractivity contribution in [1.29, 1.82) is 0 Å². The largest absolute Gasteiger partial charge is 0.427 e. The maximum atomic E-state index is 11.5. The third-order valence-electron chi connectivity index (χ3n) is 2.55. The molecule has 1 unspecified atom stereocenters. The number of para-hydroxylation sites is 1. The van der Waals surface area contributed by atoms with Gasteiger partial charge in [0.05, 0.1) is 6.10 Å². The smallest absolute Gasteiger partial charge is 0.311 e. The van der Waals surface area contributed by atoms with E-state index in [-0.39, 0.29) is 12.1 Å². The van der Waals surface area contributed by atoms with Crippen molar-refractivity contribution in [3.8, 4) is 5.75 Å². The molecular formula is C15H20O3. The number of allylic oxidation sites excluding steroid dienone is 1. The molecule has 18 heavy (non-hydrogen) atoms. The molecule has 0 aromatic heterocycles. The Morgan fingerprint density at radius 2 is 2.06 bits per heavy atom. The zero-order chi connectivity index (χ0) is 13.2. The fourth-order valence-electron chi connectivity index (χ4n) is 1.50. The van der Waals surface area contributed by atoms with E-state index in [2.05, 4.69) is 6.92 Å². The fraction of sp³-hybridized carbons (Fsp3) is 0.400. The zero-order valence-electron chi connectivity index (χ0n) is 11.0. The second-order valence-corrected chi connectivity index (χ2v) is 3.94. The number of hydrogen-bond acceptors (Lipinski definition) is 3. The first-order valence-electron chi connectivity index (χ1n) is 6.21. The standard InChI is InChI=1S/C15H20O3/c1-3-13(17-2)9-7-8-12-15(16)18-14-10-5-4-6-11-14/h4-7,9-11,13H,3,8,12H2,1-2H3/b9-7+. The first-order chi connectivity index (χ1) is 8.76. The molecule has 0 aliphatic rings. The van der Waals surface area contributed by atoms with Crippen LogP contribution in [0.15, 0.2) is 42.5 Å². The zero-order valence-corrected chi connectivity index (χ0v) is 11.0. The summed E-state index contributed by atoms with van der Waals surface area (Å²) in [5, 5.41) is 0. The molecule has 0 heterocycles. The molecule has 0 aliphatic carbocycles. The Labute approximate surface area is 108 Å². The van der Waals surface area contributed by atoms with Crippen molar-refractivity contribution >= 4 is 5.97 Å². The summed E-state index contributed by atoms with van der Waals surface area (Å²) in [6, 6.07) is 9.10. The van der Waals surface area contributed by atoms with E-state index in [1.54, 1.807) is 19.2 Å². The average Bonchev–Trinajstić information content (AvgIpc) is 2.40. The Morgan fingerprint density at radius 3 is 2.67 bits per heavy atom. The summed E-state index contributed by atoms with van der Waals surface area (Å²) in [4.78, 5) is 11.5. The minimum absolute atomic E-state index is 0.134. The van der Waals surface area contributed by atoms with Crippen molar-refractivity contribution in [2.24, 2.45) is 0 Å². The van der Waals surface area contributed by atoms with Gasteiger partial charge in [0.2, 0.25) is 0 Å². The molecule has 0 amide bonds. The lowest BCUT2D eigenvalue weighted by Gasteiger charge is -2.06. The van der Waals surface area contributed by atoms with Gasteiger partial charge >= 0.3 is 5.97 Å². The van der Waals surface area contributed by atoms with E-state index >= 15 is 0 Å². The number of methoxy groups -OCH3 is 1. The summed E-state index contributed by atoms with van der Waals surface area (Å²) in [5.41, 5.74) is 0. The molecule has 1 atom stereocenters. The molecule has 0 saturated heterocycles. The van der Waals surface area contributed by atoms with Crippen molar-refractivity contribution in [3.63, 3.8) is 0 Å². The van der Waals surface area contributed by atoms with Crippen molar-refractivity contribution in [1.82, 2.24) is 0 Å². The van der Waals surface area contributed by atoms with Crippen LogP contribution >= 0.6 is 0 Å². The molecule has 3 nitrogen and oxygen atoms in total. The molecule has 98 valence electrons. The van der Waals surface area contributed by atoms with Crippen LogP contribution in [0.3, 0.4) is 0 Å². The Morgan fingerprint density at radius 1 is 1.33 bits per heavy atom. The van der Waals surface area contributed by atoms with Gasteiger partial charge in [-0.2, -0.15) is 0 Å². The number of benzene rings is 1. The van der Waals surface area contributed by atoms with E-state index < -0.39 is 0 Å². The van der Waals surface area contributed by atoms with Gasteiger partial charge in [-0.1, -0.05) is 37.3 Å². The minimum Gasteiger partial charge on any atom is -0.427 e. The number of ether oxygens (including phenoxy) is 2. The topological polar surface area (TPSA) is 35.5 Å². The van der Waals surface area contributed by atoms with E-state index in [9.17, 15) is 4.79 Å². The van der Waals surface area contributed by atoms with Crippen LogP contribution in [-0.2, 0) is 9.53 Å². The van der Waals surface area contributed by atoms with Crippen LogP contribution in [-0.4, -0.2) is 19.2 Å². The van der Waals surface area contributed by atoms with E-state index in [1.807, 2.05) is 30.4 Å². The monoisotopic (exact) mass is 248 g/mol. The minimum atomic E-state index is -0.212. The Hall–Kier alpha value is -1.61. The van der Waals surface area contributed by atoms with Crippen LogP contribution in [0.5, 0.6) is 5.75 Å². The van der Waals surface area contributed by atoms with Crippen LogP contribution in [0, 0.1) is 0 Å². The van der Waals surface area contributed by atoms with Gasteiger partial charge in [-0.3, -0.25) is 4.79 Å². The molecule has 1 aromatic rings. The van der Waals surface area contributed by atoms with E-state index in [0.29, 0.717) is 18.6 Å². The third-order valence-corrected chi connectivity index (χ3v) is 2.55. The first kappa shape index (κ1) is 14.5. The summed E-state index contributed by atoms with van der Waals surface area (Å²) in [7, 11) is 1.68. The van der Waals surface area contributed by atoms with Crippen LogP contribution < -0.4 is 4.74 Å². The maximum Gasteiger partial charge on any atom is 0.311 e. The lowest BCUT2D eigenvalue weighted by atomic mass is 10.2. The second kappa shape index (κ2) is 8.48. The summed E-state index contributed by atoms with van der Waals surface area (Å²) < 4.78 is 10.4. The lowest BCUT2D eigenvalue weighted by molar-refractivity contribution is -0.134. The molecule has 0 bridgehead atoms. The first-order valence-corrected chi connectivity index (χ1v) is 6.21. The number of carbonyl (C=O) groups excluding carboxylic acids is 1. The highest BCUT2D eigenvalue weighted by molar-refractivity contribution is 5.72. The summed E-state index contributed by atoms with van der Waals surface area (Å²) in [5.74, 6) is 0.381. The van der Waals surface area contributed by atoms with E-state index in [0.717, 1.165) is 6.42 Å². The number of esters is 1. The van der Waals surface area contributed by atoms with Gasteiger partial charge in [0.25, 0.3) is 0 Å². The quantitative estimate of drug-likeness (QED) is 0.421. The maximum absolute atomic E-state index is 11.5. The number of carbonyl (C=O) groups is 1. The van der Waals surface area contributed by atoms with Gasteiger partial charge in [0, 0.05) is 13.5 Å². The molecule has 0 fully saturated rings. The summed E-state index contributed by atoms with van der Waals surface area (Å²) in [6.45, 7) is 2.06. The third kappa shape index (κ3) is 5.64. The molecule has 0 radical (unpaired) electrons. The molecule has 3 heteroatoms. The van der Waals surface area contributed by atoms with Crippen molar-refractivity contribution in [3.05, 3.63) is 42.5 Å². The molecule has 0 spiro atoms. The molecule has 0 aliphatic heterocycles. The van der Waals surface area contributed by atoms with Gasteiger partial charge in [0.15, 0.2) is 0 Å². The summed E-state index contributed by atoms with van der Waals surface area (Å²) >= 11 is 0. The van der Waals surface area contributed by atoms with E-state index in [4.69, 9.17) is 9.47 Å². The Bertz CT molecular complexity index is 367. The van der Waals surface area contributed by atoms with Crippen LogP contribution in [0.1, 0.15) is 26.2 Å². The number of hydrogen-bond donors (Lipinski definition) is 0. The van der Waals surface area contributed by atoms with Crippen molar-refractivity contribution in [2.75, 3.05) is 7.11 Å². The highest BCUT2D eigenvalue weighted by Gasteiger charge is 2.03. The lowest BCUT2D eigenvalue weighted by Crippen LogP contribution is -2.07. The fourth-order valence-corrected chi connectivity index (χ4v) is 1.50. The number of rotatable bonds is 7. The normalized spacial score (nSPS) is 12.6. The highest BCUT2D eigenvalue weighted by atomic mass is 16.5. The molecule has 0 N–H and O–H groups in total. The van der Waals surface area contributed by atoms with Crippen molar-refractivity contribution in [2.45, 2.75) is 32.3 Å². The predicted molar refractivity (Wildman–Crippen MR) is 71.5 cm³/mol. The molecule has 1 aromatic carbocycles. The van der Waals surface area contributed by atoms with Gasteiger partial charge in [-0.05, 0) is 25.0 Å². The molecule has 1 rings (SSSR count).